The molecule has 1 saturated heterocycles. The minimum Gasteiger partial charge on any atom is -0.397 e. The van der Waals surface area contributed by atoms with Crippen molar-refractivity contribution >= 4 is 11.6 Å². The fourth-order valence-electron chi connectivity index (χ4n) is 2.88. The van der Waals surface area contributed by atoms with E-state index >= 15 is 0 Å². The maximum absolute atomic E-state index is 12.6. The molecule has 2 fully saturated rings. The Balaban J connectivity index is 1.73. The molecule has 2 aliphatic rings. The highest BCUT2D eigenvalue weighted by Crippen LogP contribution is 2.37. The summed E-state index contributed by atoms with van der Waals surface area (Å²) >= 11 is 0. The normalized spacial score (nSPS) is 23.0. The first-order chi connectivity index (χ1) is 9.19. The van der Waals surface area contributed by atoms with Crippen molar-refractivity contribution in [2.75, 3.05) is 32.5 Å². The van der Waals surface area contributed by atoms with E-state index in [0.717, 1.165) is 44.7 Å². The maximum atomic E-state index is 12.6. The fourth-order valence-corrected chi connectivity index (χ4v) is 2.88. The van der Waals surface area contributed by atoms with Crippen molar-refractivity contribution in [3.8, 4) is 0 Å². The minimum absolute atomic E-state index is 0.113. The van der Waals surface area contributed by atoms with Crippen molar-refractivity contribution in [1.29, 1.82) is 0 Å². The van der Waals surface area contributed by atoms with E-state index in [1.54, 1.807) is 7.11 Å². The Morgan fingerprint density at radius 3 is 2.95 bits per heavy atom. The van der Waals surface area contributed by atoms with Crippen molar-refractivity contribution < 1.29 is 9.53 Å². The monoisotopic (exact) mass is 263 g/mol. The minimum atomic E-state index is 0.113. The summed E-state index contributed by atoms with van der Waals surface area (Å²) in [6.07, 6.45) is 5.23. The first kappa shape index (κ1) is 12.5. The zero-order chi connectivity index (χ0) is 13.4. The van der Waals surface area contributed by atoms with Gasteiger partial charge in [0.25, 0.3) is 5.91 Å². The van der Waals surface area contributed by atoms with Crippen molar-refractivity contribution in [3.05, 3.63) is 18.0 Å². The number of hydrogen-bond donors (Lipinski definition) is 1. The molecule has 2 N–H and O–H groups in total. The van der Waals surface area contributed by atoms with Crippen molar-refractivity contribution in [1.82, 2.24) is 9.47 Å². The van der Waals surface area contributed by atoms with E-state index in [9.17, 15) is 4.79 Å². The molecule has 1 aliphatic heterocycles. The lowest BCUT2D eigenvalue weighted by Gasteiger charge is -2.17. The largest absolute Gasteiger partial charge is 0.397 e. The Labute approximate surface area is 113 Å². The van der Waals surface area contributed by atoms with Crippen LogP contribution in [0.25, 0.3) is 0 Å². The zero-order valence-corrected chi connectivity index (χ0v) is 11.3. The Kier molecular flexibility index (Phi) is 3.22. The van der Waals surface area contributed by atoms with Crippen LogP contribution in [0.4, 0.5) is 5.69 Å². The summed E-state index contributed by atoms with van der Waals surface area (Å²) in [5.74, 6) is 0.581. The predicted molar refractivity (Wildman–Crippen MR) is 73.0 cm³/mol. The Morgan fingerprint density at radius 1 is 1.47 bits per heavy atom. The molecule has 1 saturated carbocycles. The summed E-state index contributed by atoms with van der Waals surface area (Å²) in [4.78, 5) is 14.5. The first-order valence-electron chi connectivity index (χ1n) is 6.94. The molecule has 0 aromatic carbocycles. The van der Waals surface area contributed by atoms with Crippen LogP contribution in [0.2, 0.25) is 0 Å². The molecule has 0 spiro atoms. The number of anilines is 1. The quantitative estimate of drug-likeness (QED) is 0.895. The molecule has 1 atom stereocenters. The summed E-state index contributed by atoms with van der Waals surface area (Å²) in [5, 5.41) is 0. The number of rotatable bonds is 4. The number of carbonyl (C=O) groups excluding carboxylic acids is 1. The molecular weight excluding hydrogens is 242 g/mol. The molecule has 5 heteroatoms. The number of methoxy groups -OCH3 is 1. The van der Waals surface area contributed by atoms with Gasteiger partial charge in [-0.2, -0.15) is 0 Å². The number of likely N-dealkylation sites (tertiary alicyclic amines) is 1. The highest BCUT2D eigenvalue weighted by atomic mass is 16.5. The molecule has 1 amide bonds. The van der Waals surface area contributed by atoms with Crippen LogP contribution in [0.5, 0.6) is 0 Å². The van der Waals surface area contributed by atoms with E-state index in [-0.39, 0.29) is 5.91 Å². The molecule has 1 aliphatic carbocycles. The molecule has 19 heavy (non-hydrogen) atoms. The van der Waals surface area contributed by atoms with E-state index in [1.807, 2.05) is 17.2 Å². The lowest BCUT2D eigenvalue weighted by atomic mass is 10.1. The van der Waals surface area contributed by atoms with Gasteiger partial charge in [0.15, 0.2) is 0 Å². The van der Waals surface area contributed by atoms with E-state index in [2.05, 4.69) is 4.57 Å². The number of aromatic nitrogens is 1. The topological polar surface area (TPSA) is 60.5 Å². The molecule has 1 unspecified atom stereocenters. The maximum Gasteiger partial charge on any atom is 0.270 e. The third kappa shape index (κ3) is 2.47. The second-order valence-electron chi connectivity index (χ2n) is 5.66. The van der Waals surface area contributed by atoms with Crippen LogP contribution >= 0.6 is 0 Å². The summed E-state index contributed by atoms with van der Waals surface area (Å²) in [6, 6.07) is 2.29. The van der Waals surface area contributed by atoms with Crippen LogP contribution in [0, 0.1) is 5.92 Å². The zero-order valence-electron chi connectivity index (χ0n) is 11.3. The average Bonchev–Trinajstić information content (AvgIpc) is 3.01. The van der Waals surface area contributed by atoms with Gasteiger partial charge in [0.1, 0.15) is 5.69 Å². The van der Waals surface area contributed by atoms with Crippen LogP contribution in [-0.4, -0.2) is 42.2 Å². The molecule has 2 heterocycles. The lowest BCUT2D eigenvalue weighted by Crippen LogP contribution is -2.30. The highest BCUT2D eigenvalue weighted by molar-refractivity contribution is 5.94. The SMILES string of the molecule is COCC1CCN(C(=O)c2cc(N)cn2C2CC2)C1. The smallest absolute Gasteiger partial charge is 0.270 e. The third-order valence-electron chi connectivity index (χ3n) is 4.00. The van der Waals surface area contributed by atoms with Crippen LogP contribution in [0.3, 0.4) is 0 Å². The second-order valence-corrected chi connectivity index (χ2v) is 5.66. The molecular formula is C14H21N3O2. The van der Waals surface area contributed by atoms with Crippen molar-refractivity contribution in [3.63, 3.8) is 0 Å². The Hall–Kier alpha value is -1.49. The first-order valence-corrected chi connectivity index (χ1v) is 6.94. The standard InChI is InChI=1S/C14H21N3O2/c1-19-9-10-4-5-16(7-10)14(18)13-6-11(15)8-17(13)12-2-3-12/h6,8,10,12H,2-5,7,9,15H2,1H3. The molecule has 3 rings (SSSR count). The van der Waals surface area contributed by atoms with Gasteiger partial charge in [0.2, 0.25) is 0 Å². The Bertz CT molecular complexity index is 479. The highest BCUT2D eigenvalue weighted by Gasteiger charge is 2.32. The van der Waals surface area contributed by atoms with Gasteiger partial charge in [-0.05, 0) is 25.3 Å². The molecule has 1 aromatic rings. The summed E-state index contributed by atoms with van der Waals surface area (Å²) < 4.78 is 7.23. The lowest BCUT2D eigenvalue weighted by molar-refractivity contribution is 0.0764. The van der Waals surface area contributed by atoms with Crippen LogP contribution in [0.1, 0.15) is 35.8 Å². The van der Waals surface area contributed by atoms with Gasteiger partial charge in [0.05, 0.1) is 12.3 Å². The van der Waals surface area contributed by atoms with Crippen LogP contribution < -0.4 is 5.73 Å². The Morgan fingerprint density at radius 2 is 2.26 bits per heavy atom. The number of ether oxygens (including phenoxy) is 1. The third-order valence-corrected chi connectivity index (χ3v) is 4.00. The summed E-state index contributed by atoms with van der Waals surface area (Å²) in [6.45, 7) is 2.35. The predicted octanol–water partition coefficient (Wildman–Crippen LogP) is 1.51. The van der Waals surface area contributed by atoms with E-state index < -0.39 is 0 Å². The van der Waals surface area contributed by atoms with Crippen LogP contribution in [-0.2, 0) is 4.74 Å². The van der Waals surface area contributed by atoms with E-state index in [0.29, 0.717) is 17.6 Å². The van der Waals surface area contributed by atoms with Gasteiger partial charge >= 0.3 is 0 Å². The number of nitrogens with two attached hydrogens (primary N) is 1. The van der Waals surface area contributed by atoms with Gasteiger partial charge in [-0.25, -0.2) is 0 Å². The van der Waals surface area contributed by atoms with Crippen molar-refractivity contribution in [2.45, 2.75) is 25.3 Å². The number of nitrogens with zero attached hydrogens (tertiary/aromatic N) is 2. The number of nitrogen functional groups attached to an aromatic ring is 1. The molecule has 0 bridgehead atoms. The molecule has 5 nitrogen and oxygen atoms in total. The van der Waals surface area contributed by atoms with Gasteiger partial charge in [-0.1, -0.05) is 0 Å². The number of hydrogen-bond acceptors (Lipinski definition) is 3. The summed E-state index contributed by atoms with van der Waals surface area (Å²) in [5.41, 5.74) is 7.28. The van der Waals surface area contributed by atoms with E-state index in [1.165, 1.54) is 0 Å². The van der Waals surface area contributed by atoms with Crippen molar-refractivity contribution in [2.24, 2.45) is 5.92 Å². The van der Waals surface area contributed by atoms with Crippen LogP contribution in [0.15, 0.2) is 12.3 Å². The van der Waals surface area contributed by atoms with Gasteiger partial charge in [-0.3, -0.25) is 4.79 Å². The molecule has 0 radical (unpaired) electrons. The van der Waals surface area contributed by atoms with E-state index in [4.69, 9.17) is 10.5 Å². The van der Waals surface area contributed by atoms with Gasteiger partial charge in [-0.15, -0.1) is 0 Å². The number of amides is 1. The summed E-state index contributed by atoms with van der Waals surface area (Å²) in [7, 11) is 1.71. The average molecular weight is 263 g/mol. The van der Waals surface area contributed by atoms with Gasteiger partial charge < -0.3 is 19.9 Å². The second kappa shape index (κ2) is 4.89. The fraction of sp³-hybridized carbons (Fsp3) is 0.643. The number of carbonyl (C=O) groups is 1. The molecule has 1 aromatic heterocycles. The van der Waals surface area contributed by atoms with Gasteiger partial charge in [0, 0.05) is 38.4 Å². The molecule has 104 valence electrons.